The van der Waals surface area contributed by atoms with Gasteiger partial charge in [-0.3, -0.25) is 4.79 Å². The summed E-state index contributed by atoms with van der Waals surface area (Å²) in [6.07, 6.45) is 11.0. The zero-order chi connectivity index (χ0) is 29.6. The monoisotopic (exact) mass is 568 g/mol. The second-order valence-corrected chi connectivity index (χ2v) is 11.0. The summed E-state index contributed by atoms with van der Waals surface area (Å²) in [6.45, 7) is 7.77. The molecule has 1 amide bonds. The van der Waals surface area contributed by atoms with E-state index < -0.39 is 5.97 Å². The van der Waals surface area contributed by atoms with Crippen LogP contribution >= 0.6 is 0 Å². The number of nitrogens with one attached hydrogen (secondary N) is 2. The highest BCUT2D eigenvalue weighted by molar-refractivity contribution is 5.93. The first kappa shape index (κ1) is 30.9. The molecule has 0 saturated heterocycles. The Morgan fingerprint density at radius 2 is 1.45 bits per heavy atom. The molecule has 1 saturated carbocycles. The summed E-state index contributed by atoms with van der Waals surface area (Å²) in [5.41, 5.74) is 4.24. The highest BCUT2D eigenvalue weighted by Crippen LogP contribution is 2.26. The zero-order valence-electron chi connectivity index (χ0n) is 24.8. The number of esters is 1. The van der Waals surface area contributed by atoms with Gasteiger partial charge in [0, 0.05) is 23.8 Å². The number of rotatable bonds is 16. The van der Waals surface area contributed by atoms with Crippen molar-refractivity contribution in [2.45, 2.75) is 71.1 Å². The van der Waals surface area contributed by atoms with Crippen molar-refractivity contribution >= 4 is 23.3 Å². The van der Waals surface area contributed by atoms with Gasteiger partial charge in [0.05, 0.1) is 12.2 Å². The fourth-order valence-electron chi connectivity index (χ4n) is 5.12. The van der Waals surface area contributed by atoms with Crippen molar-refractivity contribution in [3.8, 4) is 11.5 Å². The highest BCUT2D eigenvalue weighted by Gasteiger charge is 2.22. The summed E-state index contributed by atoms with van der Waals surface area (Å²) in [5, 5.41) is 6.40. The molecule has 0 radical (unpaired) electrons. The number of hydrogen-bond donors (Lipinski definition) is 2. The molecule has 6 heteroatoms. The number of carbonyl (C=O) groups is 2. The van der Waals surface area contributed by atoms with E-state index in [1.165, 1.54) is 25.7 Å². The van der Waals surface area contributed by atoms with Crippen LogP contribution < -0.4 is 20.1 Å². The van der Waals surface area contributed by atoms with Crippen molar-refractivity contribution in [2.75, 3.05) is 18.5 Å². The van der Waals surface area contributed by atoms with Crippen molar-refractivity contribution in [3.05, 3.63) is 96.1 Å². The molecule has 0 aromatic heterocycles. The topological polar surface area (TPSA) is 76.7 Å². The molecule has 0 spiro atoms. The molecule has 0 atom stereocenters. The van der Waals surface area contributed by atoms with Crippen LogP contribution in [0.2, 0.25) is 0 Å². The Morgan fingerprint density at radius 1 is 0.810 bits per heavy atom. The maximum Gasteiger partial charge on any atom is 0.343 e. The SMILES string of the molecule is C=C(NCCc1ccc(OC(=O)c2ccc(OCCCCCCC)cc2)cc1)c1ccc(NC(=O)C2CCCC2)cc1. The molecule has 6 nitrogen and oxygen atoms in total. The first-order chi connectivity index (χ1) is 20.5. The minimum Gasteiger partial charge on any atom is -0.494 e. The maximum atomic E-state index is 12.6. The lowest BCUT2D eigenvalue weighted by Gasteiger charge is -2.13. The van der Waals surface area contributed by atoms with Crippen molar-refractivity contribution in [2.24, 2.45) is 5.92 Å². The molecule has 0 aliphatic heterocycles. The first-order valence-corrected chi connectivity index (χ1v) is 15.4. The second-order valence-electron chi connectivity index (χ2n) is 11.0. The molecule has 0 bridgehead atoms. The molecular weight excluding hydrogens is 524 g/mol. The van der Waals surface area contributed by atoms with E-state index in [9.17, 15) is 9.59 Å². The van der Waals surface area contributed by atoms with Gasteiger partial charge in [0.15, 0.2) is 0 Å². The Labute approximate surface area is 250 Å². The Balaban J connectivity index is 1.15. The van der Waals surface area contributed by atoms with Gasteiger partial charge in [0.25, 0.3) is 0 Å². The average molecular weight is 569 g/mol. The van der Waals surface area contributed by atoms with Crippen LogP contribution in [0.3, 0.4) is 0 Å². The minimum absolute atomic E-state index is 0.126. The minimum atomic E-state index is -0.393. The summed E-state index contributed by atoms with van der Waals surface area (Å²) in [6, 6.07) is 22.5. The molecule has 3 aromatic rings. The summed E-state index contributed by atoms with van der Waals surface area (Å²) < 4.78 is 11.3. The number of carbonyl (C=O) groups excluding carboxylic acids is 2. The Kier molecular flexibility index (Phi) is 12.1. The zero-order valence-corrected chi connectivity index (χ0v) is 24.8. The van der Waals surface area contributed by atoms with E-state index in [-0.39, 0.29) is 11.8 Å². The maximum absolute atomic E-state index is 12.6. The lowest BCUT2D eigenvalue weighted by molar-refractivity contribution is -0.119. The number of benzene rings is 3. The first-order valence-electron chi connectivity index (χ1n) is 15.4. The molecule has 1 aliphatic carbocycles. The standard InChI is InChI=1S/C36H44N2O4/c1-3-4-5-6-9-26-41-33-22-16-31(17-23-33)36(40)42-34-20-12-28(13-21-34)24-25-37-27(2)29-14-18-32(19-15-29)38-35(39)30-10-7-8-11-30/h12-23,30,37H,2-11,24-26H2,1H3,(H,38,39). The lowest BCUT2D eigenvalue weighted by atomic mass is 10.1. The molecule has 1 fully saturated rings. The van der Waals surface area contributed by atoms with Crippen molar-refractivity contribution in [1.29, 1.82) is 0 Å². The summed E-state index contributed by atoms with van der Waals surface area (Å²) in [4.78, 5) is 24.9. The van der Waals surface area contributed by atoms with E-state index in [4.69, 9.17) is 9.47 Å². The van der Waals surface area contributed by atoms with E-state index in [1.807, 2.05) is 60.7 Å². The van der Waals surface area contributed by atoms with E-state index >= 15 is 0 Å². The van der Waals surface area contributed by atoms with E-state index in [2.05, 4.69) is 24.1 Å². The Bertz CT molecular complexity index is 1280. The molecule has 0 heterocycles. The van der Waals surface area contributed by atoms with Crippen LogP contribution in [-0.2, 0) is 11.2 Å². The van der Waals surface area contributed by atoms with Gasteiger partial charge in [-0.2, -0.15) is 0 Å². The number of unbranched alkanes of at least 4 members (excludes halogenated alkanes) is 4. The van der Waals surface area contributed by atoms with Crippen molar-refractivity contribution in [1.82, 2.24) is 5.32 Å². The van der Waals surface area contributed by atoms with Crippen LogP contribution in [0, 0.1) is 5.92 Å². The number of ether oxygens (including phenoxy) is 2. The molecule has 222 valence electrons. The molecule has 3 aromatic carbocycles. The normalized spacial score (nSPS) is 13.0. The Morgan fingerprint density at radius 3 is 2.14 bits per heavy atom. The van der Waals surface area contributed by atoms with Crippen LogP contribution in [0.4, 0.5) is 5.69 Å². The lowest BCUT2D eigenvalue weighted by Crippen LogP contribution is -2.20. The number of anilines is 1. The Hall–Kier alpha value is -4.06. The smallest absolute Gasteiger partial charge is 0.343 e. The number of hydrogen-bond acceptors (Lipinski definition) is 5. The van der Waals surface area contributed by atoms with Crippen molar-refractivity contribution < 1.29 is 19.1 Å². The van der Waals surface area contributed by atoms with Gasteiger partial charge >= 0.3 is 5.97 Å². The molecular formula is C36H44N2O4. The van der Waals surface area contributed by atoms with Gasteiger partial charge < -0.3 is 20.1 Å². The second kappa shape index (κ2) is 16.4. The molecule has 4 rings (SSSR count). The van der Waals surface area contributed by atoms with Gasteiger partial charge in [-0.15, -0.1) is 0 Å². The summed E-state index contributed by atoms with van der Waals surface area (Å²) in [7, 11) is 0. The molecule has 2 N–H and O–H groups in total. The summed E-state index contributed by atoms with van der Waals surface area (Å²) >= 11 is 0. The fourth-order valence-corrected chi connectivity index (χ4v) is 5.12. The molecule has 0 unspecified atom stereocenters. The molecule has 1 aliphatic rings. The third-order valence-electron chi connectivity index (χ3n) is 7.72. The van der Waals surface area contributed by atoms with E-state index in [0.29, 0.717) is 24.5 Å². The number of amides is 1. The van der Waals surface area contributed by atoms with E-state index in [1.54, 1.807) is 12.1 Å². The van der Waals surface area contributed by atoms with Crippen LogP contribution in [0.25, 0.3) is 5.70 Å². The van der Waals surface area contributed by atoms with Crippen LogP contribution in [-0.4, -0.2) is 25.0 Å². The average Bonchev–Trinajstić information content (AvgIpc) is 3.56. The van der Waals surface area contributed by atoms with Crippen LogP contribution in [0.5, 0.6) is 11.5 Å². The van der Waals surface area contributed by atoms with Gasteiger partial charge in [0.1, 0.15) is 11.5 Å². The van der Waals surface area contributed by atoms with Crippen LogP contribution in [0.1, 0.15) is 86.2 Å². The van der Waals surface area contributed by atoms with Gasteiger partial charge in [-0.25, -0.2) is 4.79 Å². The highest BCUT2D eigenvalue weighted by atomic mass is 16.5. The third-order valence-corrected chi connectivity index (χ3v) is 7.72. The predicted octanol–water partition coefficient (Wildman–Crippen LogP) is 8.19. The predicted molar refractivity (Wildman–Crippen MR) is 170 cm³/mol. The third kappa shape index (κ3) is 9.79. The summed E-state index contributed by atoms with van der Waals surface area (Å²) in [5.74, 6) is 1.16. The quantitative estimate of drug-likeness (QED) is 0.103. The van der Waals surface area contributed by atoms with Gasteiger partial charge in [-0.05, 0) is 85.3 Å². The van der Waals surface area contributed by atoms with Gasteiger partial charge in [-0.1, -0.05) is 76.3 Å². The van der Waals surface area contributed by atoms with Crippen LogP contribution in [0.15, 0.2) is 79.4 Å². The fraction of sp³-hybridized carbons (Fsp3) is 0.389. The van der Waals surface area contributed by atoms with Crippen molar-refractivity contribution in [3.63, 3.8) is 0 Å². The van der Waals surface area contributed by atoms with Gasteiger partial charge in [0.2, 0.25) is 5.91 Å². The largest absolute Gasteiger partial charge is 0.494 e. The van der Waals surface area contributed by atoms with E-state index in [0.717, 1.165) is 66.8 Å². The molecule has 42 heavy (non-hydrogen) atoms.